The molecule has 0 spiro atoms. The molecule has 0 aliphatic carbocycles. The van der Waals surface area contributed by atoms with Crippen molar-refractivity contribution in [3.63, 3.8) is 0 Å². The van der Waals surface area contributed by atoms with Crippen LogP contribution in [0.1, 0.15) is 35.7 Å². The quantitative estimate of drug-likeness (QED) is 0.912. The minimum absolute atomic E-state index is 0.119. The molecule has 2 aromatic carbocycles. The Labute approximate surface area is 119 Å². The molecule has 0 aromatic heterocycles. The summed E-state index contributed by atoms with van der Waals surface area (Å²) in [5, 5.41) is 2.60. The SMILES string of the molecule is CNC(=O)c1cccc(Oc2cccc(C(C)C)c2)c1. The molecule has 104 valence electrons. The molecule has 1 N–H and O–H groups in total. The van der Waals surface area contributed by atoms with E-state index in [4.69, 9.17) is 4.74 Å². The van der Waals surface area contributed by atoms with Gasteiger partial charge >= 0.3 is 0 Å². The van der Waals surface area contributed by atoms with Crippen molar-refractivity contribution in [2.45, 2.75) is 19.8 Å². The predicted molar refractivity (Wildman–Crippen MR) is 80.4 cm³/mol. The first-order chi connectivity index (χ1) is 9.60. The van der Waals surface area contributed by atoms with Gasteiger partial charge in [-0.15, -0.1) is 0 Å². The third-order valence-electron chi connectivity index (χ3n) is 3.08. The third kappa shape index (κ3) is 3.38. The lowest BCUT2D eigenvalue weighted by molar-refractivity contribution is 0.0963. The molecule has 2 rings (SSSR count). The highest BCUT2D eigenvalue weighted by Crippen LogP contribution is 2.25. The molecule has 0 bridgehead atoms. The zero-order chi connectivity index (χ0) is 14.5. The fourth-order valence-corrected chi connectivity index (χ4v) is 1.92. The Hall–Kier alpha value is -2.29. The van der Waals surface area contributed by atoms with Crippen LogP contribution in [-0.4, -0.2) is 13.0 Å². The van der Waals surface area contributed by atoms with Crippen LogP contribution in [-0.2, 0) is 0 Å². The normalized spacial score (nSPS) is 10.4. The number of carbonyl (C=O) groups excluding carboxylic acids is 1. The van der Waals surface area contributed by atoms with Gasteiger partial charge in [0.25, 0.3) is 5.91 Å². The molecule has 0 heterocycles. The second-order valence-electron chi connectivity index (χ2n) is 4.94. The zero-order valence-electron chi connectivity index (χ0n) is 12.0. The van der Waals surface area contributed by atoms with Gasteiger partial charge in [-0.1, -0.05) is 32.0 Å². The van der Waals surface area contributed by atoms with Crippen LogP contribution < -0.4 is 10.1 Å². The Bertz CT molecular complexity index is 605. The third-order valence-corrected chi connectivity index (χ3v) is 3.08. The summed E-state index contributed by atoms with van der Waals surface area (Å²) in [6.45, 7) is 4.29. The number of nitrogens with one attached hydrogen (secondary N) is 1. The van der Waals surface area contributed by atoms with Crippen molar-refractivity contribution in [1.29, 1.82) is 0 Å². The smallest absolute Gasteiger partial charge is 0.251 e. The lowest BCUT2D eigenvalue weighted by Gasteiger charge is -2.10. The average molecular weight is 269 g/mol. The number of hydrogen-bond donors (Lipinski definition) is 1. The van der Waals surface area contributed by atoms with E-state index in [-0.39, 0.29) is 5.91 Å². The standard InChI is InChI=1S/C17H19NO2/c1-12(2)13-6-4-8-15(10-13)20-16-9-5-7-14(11-16)17(19)18-3/h4-12H,1-3H3,(H,18,19). The van der Waals surface area contributed by atoms with Crippen LogP contribution in [0, 0.1) is 0 Å². The van der Waals surface area contributed by atoms with Crippen molar-refractivity contribution < 1.29 is 9.53 Å². The Kier molecular flexibility index (Phi) is 4.41. The Morgan fingerprint density at radius 1 is 1.05 bits per heavy atom. The summed E-state index contributed by atoms with van der Waals surface area (Å²) >= 11 is 0. The van der Waals surface area contributed by atoms with Crippen LogP contribution in [0.4, 0.5) is 0 Å². The summed E-state index contributed by atoms with van der Waals surface area (Å²) in [5.41, 5.74) is 1.81. The van der Waals surface area contributed by atoms with Gasteiger partial charge < -0.3 is 10.1 Å². The van der Waals surface area contributed by atoms with Crippen LogP contribution in [0.15, 0.2) is 48.5 Å². The van der Waals surface area contributed by atoms with E-state index in [1.807, 2.05) is 30.3 Å². The maximum atomic E-state index is 11.6. The maximum Gasteiger partial charge on any atom is 0.251 e. The highest BCUT2D eigenvalue weighted by Gasteiger charge is 2.06. The van der Waals surface area contributed by atoms with Gasteiger partial charge in [0, 0.05) is 12.6 Å². The molecule has 0 aliphatic heterocycles. The van der Waals surface area contributed by atoms with Crippen molar-refractivity contribution in [2.75, 3.05) is 7.05 Å². The molecule has 0 atom stereocenters. The molecule has 3 nitrogen and oxygen atoms in total. The van der Waals surface area contributed by atoms with Gasteiger partial charge in [-0.05, 0) is 41.8 Å². The summed E-state index contributed by atoms with van der Waals surface area (Å²) in [6, 6.07) is 15.2. The average Bonchev–Trinajstić information content (AvgIpc) is 2.47. The molecule has 2 aromatic rings. The van der Waals surface area contributed by atoms with Gasteiger partial charge in [-0.2, -0.15) is 0 Å². The predicted octanol–water partition coefficient (Wildman–Crippen LogP) is 3.96. The molecule has 0 saturated heterocycles. The Morgan fingerprint density at radius 3 is 2.35 bits per heavy atom. The number of carbonyl (C=O) groups is 1. The molecule has 1 amide bonds. The van der Waals surface area contributed by atoms with Crippen LogP contribution in [0.3, 0.4) is 0 Å². The molecule has 0 aliphatic rings. The van der Waals surface area contributed by atoms with Gasteiger partial charge in [0.05, 0.1) is 0 Å². The van der Waals surface area contributed by atoms with Crippen LogP contribution in [0.25, 0.3) is 0 Å². The number of hydrogen-bond acceptors (Lipinski definition) is 2. The minimum atomic E-state index is -0.119. The van der Waals surface area contributed by atoms with Gasteiger partial charge in [-0.25, -0.2) is 0 Å². The molecule has 20 heavy (non-hydrogen) atoms. The number of amides is 1. The number of ether oxygens (including phenoxy) is 1. The maximum absolute atomic E-state index is 11.6. The van der Waals surface area contributed by atoms with E-state index >= 15 is 0 Å². The largest absolute Gasteiger partial charge is 0.457 e. The van der Waals surface area contributed by atoms with E-state index in [1.54, 1.807) is 19.2 Å². The van der Waals surface area contributed by atoms with Crippen LogP contribution >= 0.6 is 0 Å². The monoisotopic (exact) mass is 269 g/mol. The molecular weight excluding hydrogens is 250 g/mol. The Morgan fingerprint density at radius 2 is 1.70 bits per heavy atom. The van der Waals surface area contributed by atoms with Gasteiger partial charge in [0.15, 0.2) is 0 Å². The zero-order valence-corrected chi connectivity index (χ0v) is 12.0. The minimum Gasteiger partial charge on any atom is -0.457 e. The first kappa shape index (κ1) is 14.1. The molecular formula is C17H19NO2. The topological polar surface area (TPSA) is 38.3 Å². The van der Waals surface area contributed by atoms with E-state index in [0.717, 1.165) is 5.75 Å². The summed E-state index contributed by atoms with van der Waals surface area (Å²) in [4.78, 5) is 11.6. The first-order valence-electron chi connectivity index (χ1n) is 6.70. The fourth-order valence-electron chi connectivity index (χ4n) is 1.92. The highest BCUT2D eigenvalue weighted by atomic mass is 16.5. The molecule has 0 fully saturated rings. The van der Waals surface area contributed by atoms with Gasteiger partial charge in [0.2, 0.25) is 0 Å². The van der Waals surface area contributed by atoms with E-state index in [1.165, 1.54) is 5.56 Å². The van der Waals surface area contributed by atoms with E-state index < -0.39 is 0 Å². The van der Waals surface area contributed by atoms with Crippen molar-refractivity contribution in [1.82, 2.24) is 5.32 Å². The lowest BCUT2D eigenvalue weighted by atomic mass is 10.0. The summed E-state index contributed by atoms with van der Waals surface area (Å²) < 4.78 is 5.82. The highest BCUT2D eigenvalue weighted by molar-refractivity contribution is 5.94. The van der Waals surface area contributed by atoms with Crippen molar-refractivity contribution in [3.8, 4) is 11.5 Å². The summed E-state index contributed by atoms with van der Waals surface area (Å²) in [5.74, 6) is 1.78. The van der Waals surface area contributed by atoms with E-state index in [9.17, 15) is 4.79 Å². The van der Waals surface area contributed by atoms with Crippen LogP contribution in [0.5, 0.6) is 11.5 Å². The van der Waals surface area contributed by atoms with Crippen molar-refractivity contribution in [2.24, 2.45) is 0 Å². The molecule has 3 heteroatoms. The molecule has 0 radical (unpaired) electrons. The fraction of sp³-hybridized carbons (Fsp3) is 0.235. The Balaban J connectivity index is 2.21. The summed E-state index contributed by atoms with van der Waals surface area (Å²) in [7, 11) is 1.61. The first-order valence-corrected chi connectivity index (χ1v) is 6.70. The van der Waals surface area contributed by atoms with E-state index in [2.05, 4.69) is 25.2 Å². The lowest BCUT2D eigenvalue weighted by Crippen LogP contribution is -2.17. The van der Waals surface area contributed by atoms with Gasteiger partial charge in [-0.3, -0.25) is 4.79 Å². The van der Waals surface area contributed by atoms with Crippen molar-refractivity contribution in [3.05, 3.63) is 59.7 Å². The van der Waals surface area contributed by atoms with Gasteiger partial charge in [0.1, 0.15) is 11.5 Å². The number of rotatable bonds is 4. The second kappa shape index (κ2) is 6.24. The summed E-state index contributed by atoms with van der Waals surface area (Å²) in [6.07, 6.45) is 0. The van der Waals surface area contributed by atoms with Crippen LogP contribution in [0.2, 0.25) is 0 Å². The van der Waals surface area contributed by atoms with E-state index in [0.29, 0.717) is 17.2 Å². The number of benzene rings is 2. The van der Waals surface area contributed by atoms with Crippen molar-refractivity contribution >= 4 is 5.91 Å². The second-order valence-corrected chi connectivity index (χ2v) is 4.94. The molecule has 0 saturated carbocycles. The molecule has 0 unspecified atom stereocenters.